The predicted octanol–water partition coefficient (Wildman–Crippen LogP) is 5.72. The molecule has 0 aliphatic carbocycles. The van der Waals surface area contributed by atoms with Crippen molar-refractivity contribution in [3.8, 4) is 17.2 Å². The molecule has 1 aromatic heterocycles. The standard InChI is InChI=1S/C22H17ClN2O3/c1-13-3-4-15(22-25-19-12-17(27-2)9-10-20(19)28-22)11-18(13)24-21(26)14-5-7-16(23)8-6-14/h3-12H,1-2H3,(H,24,26). The number of anilines is 1. The van der Waals surface area contributed by atoms with Gasteiger partial charge in [-0.3, -0.25) is 4.79 Å². The lowest BCUT2D eigenvalue weighted by Crippen LogP contribution is -2.12. The van der Waals surface area contributed by atoms with E-state index in [2.05, 4.69) is 10.3 Å². The van der Waals surface area contributed by atoms with Crippen LogP contribution in [0.4, 0.5) is 5.69 Å². The summed E-state index contributed by atoms with van der Waals surface area (Å²) in [6.07, 6.45) is 0. The number of methoxy groups -OCH3 is 1. The van der Waals surface area contributed by atoms with Crippen molar-refractivity contribution in [3.63, 3.8) is 0 Å². The fourth-order valence-corrected chi connectivity index (χ4v) is 2.97. The summed E-state index contributed by atoms with van der Waals surface area (Å²) in [5.41, 5.74) is 4.31. The van der Waals surface area contributed by atoms with E-state index in [-0.39, 0.29) is 5.91 Å². The first-order valence-electron chi connectivity index (χ1n) is 8.66. The third-order valence-corrected chi connectivity index (χ3v) is 4.69. The molecule has 6 heteroatoms. The molecule has 0 bridgehead atoms. The Kier molecular flexibility index (Phi) is 4.75. The van der Waals surface area contributed by atoms with E-state index in [0.717, 1.165) is 11.1 Å². The molecule has 0 saturated carbocycles. The van der Waals surface area contributed by atoms with E-state index in [0.29, 0.717) is 39.0 Å². The average Bonchev–Trinajstić information content (AvgIpc) is 3.13. The Morgan fingerprint density at radius 1 is 1.07 bits per heavy atom. The minimum absolute atomic E-state index is 0.209. The Morgan fingerprint density at radius 2 is 1.86 bits per heavy atom. The van der Waals surface area contributed by atoms with Crippen LogP contribution in [0.1, 0.15) is 15.9 Å². The summed E-state index contributed by atoms with van der Waals surface area (Å²) in [7, 11) is 1.61. The van der Waals surface area contributed by atoms with Crippen molar-refractivity contribution in [2.24, 2.45) is 0 Å². The molecule has 0 fully saturated rings. The van der Waals surface area contributed by atoms with Crippen molar-refractivity contribution >= 4 is 34.3 Å². The first-order chi connectivity index (χ1) is 13.5. The maximum atomic E-state index is 12.5. The third-order valence-electron chi connectivity index (χ3n) is 4.43. The molecule has 0 aliphatic heterocycles. The first kappa shape index (κ1) is 18.1. The van der Waals surface area contributed by atoms with Crippen molar-refractivity contribution in [1.29, 1.82) is 0 Å². The normalized spacial score (nSPS) is 10.8. The zero-order valence-corrected chi connectivity index (χ0v) is 16.1. The zero-order valence-electron chi connectivity index (χ0n) is 15.3. The number of hydrogen-bond acceptors (Lipinski definition) is 4. The van der Waals surface area contributed by atoms with Crippen LogP contribution < -0.4 is 10.1 Å². The number of hydrogen-bond donors (Lipinski definition) is 1. The fraction of sp³-hybridized carbons (Fsp3) is 0.0909. The van der Waals surface area contributed by atoms with Gasteiger partial charge in [-0.1, -0.05) is 17.7 Å². The van der Waals surface area contributed by atoms with Gasteiger partial charge in [0.15, 0.2) is 5.58 Å². The number of nitrogens with one attached hydrogen (secondary N) is 1. The smallest absolute Gasteiger partial charge is 0.255 e. The van der Waals surface area contributed by atoms with Gasteiger partial charge >= 0.3 is 0 Å². The van der Waals surface area contributed by atoms with Gasteiger partial charge in [0, 0.05) is 27.9 Å². The van der Waals surface area contributed by atoms with Crippen LogP contribution in [0.3, 0.4) is 0 Å². The minimum atomic E-state index is -0.209. The Hall–Kier alpha value is -3.31. The van der Waals surface area contributed by atoms with Crippen LogP contribution >= 0.6 is 11.6 Å². The number of oxazole rings is 1. The average molecular weight is 393 g/mol. The molecule has 0 unspecified atom stereocenters. The molecule has 1 heterocycles. The second-order valence-corrected chi connectivity index (χ2v) is 6.78. The predicted molar refractivity (Wildman–Crippen MR) is 110 cm³/mol. The van der Waals surface area contributed by atoms with E-state index in [4.69, 9.17) is 20.8 Å². The maximum absolute atomic E-state index is 12.5. The molecule has 0 saturated heterocycles. The summed E-state index contributed by atoms with van der Waals surface area (Å²) in [6, 6.07) is 17.9. The van der Waals surface area contributed by atoms with E-state index >= 15 is 0 Å². The molecular weight excluding hydrogens is 376 g/mol. The number of carbonyl (C=O) groups is 1. The number of benzene rings is 3. The number of aromatic nitrogens is 1. The van der Waals surface area contributed by atoms with Crippen LogP contribution in [0.25, 0.3) is 22.6 Å². The Bertz CT molecular complexity index is 1170. The molecule has 4 aromatic rings. The van der Waals surface area contributed by atoms with Gasteiger partial charge in [-0.05, 0) is 61.0 Å². The summed E-state index contributed by atoms with van der Waals surface area (Å²) >= 11 is 5.89. The summed E-state index contributed by atoms with van der Waals surface area (Å²) < 4.78 is 11.1. The molecule has 140 valence electrons. The molecule has 1 N–H and O–H groups in total. The van der Waals surface area contributed by atoms with E-state index in [1.165, 1.54) is 0 Å². The second kappa shape index (κ2) is 7.37. The highest BCUT2D eigenvalue weighted by molar-refractivity contribution is 6.30. The number of ether oxygens (including phenoxy) is 1. The SMILES string of the molecule is COc1ccc2oc(-c3ccc(C)c(NC(=O)c4ccc(Cl)cc4)c3)nc2c1. The second-order valence-electron chi connectivity index (χ2n) is 6.34. The summed E-state index contributed by atoms with van der Waals surface area (Å²) in [4.78, 5) is 17.1. The number of halogens is 1. The van der Waals surface area contributed by atoms with Crippen LogP contribution in [-0.2, 0) is 0 Å². The largest absolute Gasteiger partial charge is 0.497 e. The molecule has 0 spiro atoms. The highest BCUT2D eigenvalue weighted by Gasteiger charge is 2.13. The van der Waals surface area contributed by atoms with Crippen molar-refractivity contribution in [2.75, 3.05) is 12.4 Å². The van der Waals surface area contributed by atoms with Crippen LogP contribution in [0.2, 0.25) is 5.02 Å². The number of nitrogens with zero attached hydrogens (tertiary/aromatic N) is 1. The highest BCUT2D eigenvalue weighted by atomic mass is 35.5. The molecule has 5 nitrogen and oxygen atoms in total. The van der Waals surface area contributed by atoms with Gasteiger partial charge in [0.25, 0.3) is 5.91 Å². The number of carbonyl (C=O) groups excluding carboxylic acids is 1. The van der Waals surface area contributed by atoms with E-state index in [1.54, 1.807) is 31.4 Å². The molecule has 0 aliphatic rings. The Balaban J connectivity index is 1.65. The van der Waals surface area contributed by atoms with Gasteiger partial charge in [0.05, 0.1) is 7.11 Å². The van der Waals surface area contributed by atoms with E-state index < -0.39 is 0 Å². The number of rotatable bonds is 4. The van der Waals surface area contributed by atoms with Gasteiger partial charge in [-0.15, -0.1) is 0 Å². The van der Waals surface area contributed by atoms with E-state index in [1.807, 2.05) is 43.3 Å². The highest BCUT2D eigenvalue weighted by Crippen LogP contribution is 2.29. The summed E-state index contributed by atoms with van der Waals surface area (Å²) in [6.45, 7) is 1.93. The minimum Gasteiger partial charge on any atom is -0.497 e. The molecule has 1 amide bonds. The van der Waals surface area contributed by atoms with Crippen LogP contribution in [-0.4, -0.2) is 18.0 Å². The maximum Gasteiger partial charge on any atom is 0.255 e. The van der Waals surface area contributed by atoms with Gasteiger partial charge in [-0.25, -0.2) is 4.98 Å². The number of aryl methyl sites for hydroxylation is 1. The van der Waals surface area contributed by atoms with Gasteiger partial charge in [0.2, 0.25) is 5.89 Å². The lowest BCUT2D eigenvalue weighted by Gasteiger charge is -2.10. The zero-order chi connectivity index (χ0) is 19.7. The molecule has 0 atom stereocenters. The topological polar surface area (TPSA) is 64.4 Å². The molecule has 28 heavy (non-hydrogen) atoms. The number of fused-ring (bicyclic) bond motifs is 1. The van der Waals surface area contributed by atoms with Gasteiger partial charge in [-0.2, -0.15) is 0 Å². The van der Waals surface area contributed by atoms with Crippen molar-refractivity contribution in [1.82, 2.24) is 4.98 Å². The molecular formula is C22H17ClN2O3. The van der Waals surface area contributed by atoms with Gasteiger partial charge in [0.1, 0.15) is 11.3 Å². The summed E-state index contributed by atoms with van der Waals surface area (Å²) in [5.74, 6) is 0.983. The lowest BCUT2D eigenvalue weighted by molar-refractivity contribution is 0.102. The van der Waals surface area contributed by atoms with Crippen molar-refractivity contribution in [2.45, 2.75) is 6.92 Å². The van der Waals surface area contributed by atoms with Crippen LogP contribution in [0, 0.1) is 6.92 Å². The molecule has 3 aromatic carbocycles. The monoisotopic (exact) mass is 392 g/mol. The van der Waals surface area contributed by atoms with Crippen LogP contribution in [0.5, 0.6) is 5.75 Å². The molecule has 0 radical (unpaired) electrons. The quantitative estimate of drug-likeness (QED) is 0.482. The van der Waals surface area contributed by atoms with Crippen molar-refractivity contribution in [3.05, 3.63) is 76.8 Å². The fourth-order valence-electron chi connectivity index (χ4n) is 2.84. The first-order valence-corrected chi connectivity index (χ1v) is 9.04. The Morgan fingerprint density at radius 3 is 2.61 bits per heavy atom. The van der Waals surface area contributed by atoms with Crippen molar-refractivity contribution < 1.29 is 13.9 Å². The van der Waals surface area contributed by atoms with Gasteiger partial charge < -0.3 is 14.5 Å². The Labute approximate surface area is 166 Å². The summed E-state index contributed by atoms with van der Waals surface area (Å²) in [5, 5.41) is 3.52. The number of amides is 1. The molecule has 4 rings (SSSR count). The van der Waals surface area contributed by atoms with E-state index in [9.17, 15) is 4.79 Å². The van der Waals surface area contributed by atoms with Crippen LogP contribution in [0.15, 0.2) is 65.1 Å². The lowest BCUT2D eigenvalue weighted by atomic mass is 10.1. The third kappa shape index (κ3) is 3.57.